The van der Waals surface area contributed by atoms with E-state index in [-0.39, 0.29) is 11.3 Å². The second-order valence-corrected chi connectivity index (χ2v) is 9.23. The molecule has 5 nitrogen and oxygen atoms in total. The van der Waals surface area contributed by atoms with E-state index in [4.69, 9.17) is 9.84 Å². The number of hydrogen-bond acceptors (Lipinski definition) is 3. The Bertz CT molecular complexity index is 1090. The van der Waals surface area contributed by atoms with Crippen molar-refractivity contribution in [3.63, 3.8) is 0 Å². The molecule has 0 saturated heterocycles. The van der Waals surface area contributed by atoms with E-state index in [9.17, 15) is 9.59 Å². The van der Waals surface area contributed by atoms with Gasteiger partial charge in [-0.2, -0.15) is 0 Å². The molecule has 1 aliphatic rings. The highest BCUT2D eigenvalue weighted by atomic mass is 79.9. The van der Waals surface area contributed by atoms with Crippen LogP contribution in [-0.2, 0) is 5.41 Å². The Balaban J connectivity index is 0.000000271. The summed E-state index contributed by atoms with van der Waals surface area (Å²) in [6.45, 7) is 0.674. The highest BCUT2D eigenvalue weighted by Gasteiger charge is 2.34. The Hall–Kier alpha value is -3.12. The van der Waals surface area contributed by atoms with Crippen molar-refractivity contribution in [1.29, 1.82) is 0 Å². The lowest BCUT2D eigenvalue weighted by molar-refractivity contribution is 0.0695. The molecular formula is C28H30BrNO4. The quantitative estimate of drug-likeness (QED) is 0.387. The molecule has 0 aromatic heterocycles. The highest BCUT2D eigenvalue weighted by Crippen LogP contribution is 2.39. The predicted octanol–water partition coefficient (Wildman–Crippen LogP) is 6.47. The van der Waals surface area contributed by atoms with Crippen molar-refractivity contribution in [2.24, 2.45) is 0 Å². The van der Waals surface area contributed by atoms with Crippen molar-refractivity contribution < 1.29 is 19.4 Å². The van der Waals surface area contributed by atoms with Crippen LogP contribution in [0, 0.1) is 0 Å². The van der Waals surface area contributed by atoms with Gasteiger partial charge in [-0.15, -0.1) is 0 Å². The van der Waals surface area contributed by atoms with Crippen molar-refractivity contribution in [3.05, 3.63) is 100 Å². The fourth-order valence-electron chi connectivity index (χ4n) is 4.40. The minimum absolute atomic E-state index is 0.0528. The first kappa shape index (κ1) is 25.5. The van der Waals surface area contributed by atoms with E-state index in [0.717, 1.165) is 12.8 Å². The first-order chi connectivity index (χ1) is 16.5. The summed E-state index contributed by atoms with van der Waals surface area (Å²) in [5.41, 5.74) is 2.28. The molecule has 3 aromatic rings. The molecule has 1 amide bonds. The third kappa shape index (κ3) is 6.48. The zero-order valence-corrected chi connectivity index (χ0v) is 20.9. The first-order valence-corrected chi connectivity index (χ1v) is 12.2. The number of carbonyl (C=O) groups is 2. The minimum Gasteiger partial charge on any atom is -0.496 e. The number of para-hydroxylation sites is 1. The number of ether oxygens (including phenoxy) is 1. The van der Waals surface area contributed by atoms with Crippen LogP contribution in [0.3, 0.4) is 0 Å². The highest BCUT2D eigenvalue weighted by molar-refractivity contribution is 9.10. The number of hydrogen-bond donors (Lipinski definition) is 2. The third-order valence-electron chi connectivity index (χ3n) is 6.24. The van der Waals surface area contributed by atoms with Gasteiger partial charge in [-0.05, 0) is 58.6 Å². The smallest absolute Gasteiger partial charge is 0.336 e. The van der Waals surface area contributed by atoms with E-state index in [1.165, 1.54) is 24.8 Å². The van der Waals surface area contributed by atoms with Gasteiger partial charge in [0.2, 0.25) is 0 Å². The van der Waals surface area contributed by atoms with Gasteiger partial charge in [-0.1, -0.05) is 73.9 Å². The molecule has 0 heterocycles. The Morgan fingerprint density at radius 2 is 1.47 bits per heavy atom. The van der Waals surface area contributed by atoms with Gasteiger partial charge in [0, 0.05) is 16.4 Å². The topological polar surface area (TPSA) is 75.6 Å². The molecule has 0 spiro atoms. The van der Waals surface area contributed by atoms with Gasteiger partial charge in [0.15, 0.2) is 0 Å². The summed E-state index contributed by atoms with van der Waals surface area (Å²) in [4.78, 5) is 23.0. The molecule has 6 heteroatoms. The third-order valence-corrected chi connectivity index (χ3v) is 6.93. The van der Waals surface area contributed by atoms with Crippen molar-refractivity contribution in [1.82, 2.24) is 5.32 Å². The van der Waals surface area contributed by atoms with Crippen LogP contribution in [0.4, 0.5) is 0 Å². The average Bonchev–Trinajstić information content (AvgIpc) is 2.89. The molecule has 0 atom stereocenters. The van der Waals surface area contributed by atoms with Crippen LogP contribution in [-0.4, -0.2) is 30.6 Å². The lowest BCUT2D eigenvalue weighted by Crippen LogP contribution is -2.42. The fraction of sp³-hybridized carbons (Fsp3) is 0.286. The second-order valence-electron chi connectivity index (χ2n) is 8.37. The van der Waals surface area contributed by atoms with Gasteiger partial charge < -0.3 is 15.2 Å². The number of benzene rings is 3. The van der Waals surface area contributed by atoms with Crippen molar-refractivity contribution >= 4 is 27.8 Å². The number of methoxy groups -OCH3 is 1. The van der Waals surface area contributed by atoms with E-state index >= 15 is 0 Å². The van der Waals surface area contributed by atoms with Crippen LogP contribution in [0.1, 0.15) is 58.4 Å². The van der Waals surface area contributed by atoms with Crippen LogP contribution >= 0.6 is 15.9 Å². The molecule has 34 heavy (non-hydrogen) atoms. The van der Waals surface area contributed by atoms with Gasteiger partial charge in [-0.3, -0.25) is 4.79 Å². The van der Waals surface area contributed by atoms with E-state index < -0.39 is 5.97 Å². The normalized spacial score (nSPS) is 14.3. The Labute approximate surface area is 209 Å². The molecule has 1 aliphatic carbocycles. The van der Waals surface area contributed by atoms with Gasteiger partial charge in [-0.25, -0.2) is 4.79 Å². The SMILES string of the molecule is COc1ccccc1C(=O)NCC1(c2ccccc2)CCCCC1.O=C(O)c1ccccc1Br. The maximum atomic E-state index is 12.6. The van der Waals surface area contributed by atoms with Crippen molar-refractivity contribution in [3.8, 4) is 5.75 Å². The molecule has 0 radical (unpaired) electrons. The maximum Gasteiger partial charge on any atom is 0.336 e. The number of nitrogens with one attached hydrogen (secondary N) is 1. The summed E-state index contributed by atoms with van der Waals surface area (Å²) >= 11 is 3.12. The Kier molecular flexibility index (Phi) is 9.28. The van der Waals surface area contributed by atoms with E-state index in [1.807, 2.05) is 30.3 Å². The van der Waals surface area contributed by atoms with E-state index in [2.05, 4.69) is 45.5 Å². The van der Waals surface area contributed by atoms with Gasteiger partial charge in [0.05, 0.1) is 18.2 Å². The number of aromatic carboxylic acids is 1. The number of halogens is 1. The lowest BCUT2D eigenvalue weighted by Gasteiger charge is -2.38. The zero-order valence-electron chi connectivity index (χ0n) is 19.3. The van der Waals surface area contributed by atoms with E-state index in [0.29, 0.717) is 27.9 Å². The first-order valence-electron chi connectivity index (χ1n) is 11.4. The summed E-state index contributed by atoms with van der Waals surface area (Å²) < 4.78 is 5.92. The summed E-state index contributed by atoms with van der Waals surface area (Å²) in [6.07, 6.45) is 5.99. The molecule has 2 N–H and O–H groups in total. The fourth-order valence-corrected chi connectivity index (χ4v) is 4.85. The molecule has 0 unspecified atom stereocenters. The number of carboxylic acids is 1. The number of rotatable bonds is 6. The maximum absolute atomic E-state index is 12.6. The number of carbonyl (C=O) groups excluding carboxylic acids is 1. The van der Waals surface area contributed by atoms with Gasteiger partial charge in [0.25, 0.3) is 5.91 Å². The van der Waals surface area contributed by atoms with Crippen LogP contribution in [0.15, 0.2) is 83.3 Å². The summed E-state index contributed by atoms with van der Waals surface area (Å²) in [7, 11) is 1.60. The summed E-state index contributed by atoms with van der Waals surface area (Å²) in [6, 6.07) is 24.7. The molecule has 0 bridgehead atoms. The molecule has 0 aliphatic heterocycles. The van der Waals surface area contributed by atoms with Crippen molar-refractivity contribution in [2.45, 2.75) is 37.5 Å². The summed E-state index contributed by atoms with van der Waals surface area (Å²) in [5.74, 6) is -0.354. The van der Waals surface area contributed by atoms with Crippen molar-refractivity contribution in [2.75, 3.05) is 13.7 Å². The molecular weight excluding hydrogens is 494 g/mol. The van der Waals surface area contributed by atoms with Crippen LogP contribution < -0.4 is 10.1 Å². The van der Waals surface area contributed by atoms with Crippen LogP contribution in [0.5, 0.6) is 5.75 Å². The van der Waals surface area contributed by atoms with Gasteiger partial charge in [0.1, 0.15) is 5.75 Å². The minimum atomic E-state index is -0.910. The number of amides is 1. The Morgan fingerprint density at radius 3 is 2.06 bits per heavy atom. The van der Waals surface area contributed by atoms with Crippen LogP contribution in [0.25, 0.3) is 0 Å². The predicted molar refractivity (Wildman–Crippen MR) is 138 cm³/mol. The van der Waals surface area contributed by atoms with E-state index in [1.54, 1.807) is 31.4 Å². The monoisotopic (exact) mass is 523 g/mol. The standard InChI is InChI=1S/C21H25NO2.C7H5BrO2/c1-24-19-13-7-6-12-18(19)20(23)22-16-21(14-8-3-9-15-21)17-10-4-2-5-11-17;8-6-4-2-1-3-5(6)7(9)10/h2,4-7,10-13H,3,8-9,14-16H2,1H3,(H,22,23);1-4H,(H,9,10). The zero-order chi connectivity index (χ0) is 24.4. The summed E-state index contributed by atoms with van der Waals surface area (Å²) in [5, 5.41) is 11.7. The molecule has 4 rings (SSSR count). The molecule has 1 saturated carbocycles. The Morgan fingerprint density at radius 1 is 0.882 bits per heavy atom. The number of carboxylic acid groups (broad SMARTS) is 1. The second kappa shape index (κ2) is 12.4. The lowest BCUT2D eigenvalue weighted by atomic mass is 9.69. The molecule has 178 valence electrons. The molecule has 1 fully saturated rings. The average molecular weight is 524 g/mol. The largest absolute Gasteiger partial charge is 0.496 e. The van der Waals surface area contributed by atoms with Gasteiger partial charge >= 0.3 is 5.97 Å². The molecule has 3 aromatic carbocycles. The van der Waals surface area contributed by atoms with Crippen LogP contribution in [0.2, 0.25) is 0 Å².